The minimum atomic E-state index is 0.316. The van der Waals surface area contributed by atoms with E-state index in [1.54, 1.807) is 12.1 Å². The molecule has 3 rings (SSSR count). The average molecular weight is 205 g/mol. The van der Waals surface area contributed by atoms with Crippen molar-refractivity contribution in [1.29, 1.82) is 0 Å². The number of phenols is 1. The highest BCUT2D eigenvalue weighted by Crippen LogP contribution is 2.52. The Morgan fingerprint density at radius 3 is 2.27 bits per heavy atom. The second kappa shape index (κ2) is 3.14. The molecule has 0 radical (unpaired) electrons. The summed E-state index contributed by atoms with van der Waals surface area (Å²) in [6, 6.07) is 7.35. The summed E-state index contributed by atoms with van der Waals surface area (Å²) in [6.07, 6.45) is 0. The molecule has 2 fully saturated rings. The van der Waals surface area contributed by atoms with Gasteiger partial charge in [-0.15, -0.1) is 0 Å². The largest absolute Gasteiger partial charge is 0.508 e. The van der Waals surface area contributed by atoms with E-state index in [9.17, 15) is 5.11 Å². The predicted molar refractivity (Wildman–Crippen MR) is 57.9 cm³/mol. The van der Waals surface area contributed by atoms with Crippen LogP contribution in [0.1, 0.15) is 0 Å². The van der Waals surface area contributed by atoms with Crippen molar-refractivity contribution >= 4 is 5.69 Å². The third-order valence-electron chi connectivity index (χ3n) is 3.80. The third-order valence-corrected chi connectivity index (χ3v) is 3.80. The second-order valence-electron chi connectivity index (χ2n) is 4.60. The minimum absolute atomic E-state index is 0.316. The zero-order valence-electron chi connectivity index (χ0n) is 8.50. The van der Waals surface area contributed by atoms with Crippen LogP contribution in [0.15, 0.2) is 24.3 Å². The molecule has 1 aromatic carbocycles. The van der Waals surface area contributed by atoms with Crippen molar-refractivity contribution in [2.24, 2.45) is 17.8 Å². The lowest BCUT2D eigenvalue weighted by atomic mass is 10.2. The zero-order chi connectivity index (χ0) is 10.4. The normalized spacial score (nSPS) is 32.9. The standard InChI is InChI=1S/C12H15NO2/c14-7-12-10-5-13(6-11(10)12)8-1-3-9(15)4-2-8/h1-4,10-12,14-15H,5-7H2. The maximum Gasteiger partial charge on any atom is 0.115 e. The molecule has 0 spiro atoms. The Morgan fingerprint density at radius 2 is 1.73 bits per heavy atom. The van der Waals surface area contributed by atoms with Gasteiger partial charge in [0.25, 0.3) is 0 Å². The fourth-order valence-electron chi connectivity index (χ4n) is 2.79. The SMILES string of the molecule is OCC1C2CN(c3ccc(O)cc3)CC12. The highest BCUT2D eigenvalue weighted by atomic mass is 16.3. The molecule has 80 valence electrons. The Morgan fingerprint density at radius 1 is 1.13 bits per heavy atom. The van der Waals surface area contributed by atoms with Gasteiger partial charge in [-0.25, -0.2) is 0 Å². The van der Waals surface area contributed by atoms with Gasteiger partial charge in [-0.1, -0.05) is 0 Å². The first-order valence-corrected chi connectivity index (χ1v) is 5.44. The maximum absolute atomic E-state index is 9.19. The Labute approximate surface area is 89.0 Å². The molecule has 1 saturated carbocycles. The van der Waals surface area contributed by atoms with Gasteiger partial charge in [-0.05, 0) is 42.0 Å². The molecule has 2 N–H and O–H groups in total. The number of benzene rings is 1. The van der Waals surface area contributed by atoms with Crippen LogP contribution in [-0.2, 0) is 0 Å². The Balaban J connectivity index is 1.69. The number of aliphatic hydroxyl groups is 1. The second-order valence-corrected chi connectivity index (χ2v) is 4.60. The van der Waals surface area contributed by atoms with E-state index in [0.717, 1.165) is 13.1 Å². The lowest BCUT2D eigenvalue weighted by molar-refractivity contribution is 0.260. The summed E-state index contributed by atoms with van der Waals surface area (Å²) in [4.78, 5) is 2.33. The van der Waals surface area contributed by atoms with E-state index < -0.39 is 0 Å². The van der Waals surface area contributed by atoms with Crippen LogP contribution in [0.3, 0.4) is 0 Å². The molecule has 1 aliphatic carbocycles. The van der Waals surface area contributed by atoms with Crippen molar-refractivity contribution in [2.45, 2.75) is 0 Å². The number of anilines is 1. The number of nitrogens with zero attached hydrogens (tertiary/aromatic N) is 1. The van der Waals surface area contributed by atoms with Gasteiger partial charge in [-0.2, -0.15) is 0 Å². The molecular weight excluding hydrogens is 190 g/mol. The summed E-state index contributed by atoms with van der Waals surface area (Å²) in [5, 5.41) is 18.2. The molecule has 2 unspecified atom stereocenters. The first kappa shape index (κ1) is 9.04. The molecule has 0 aromatic heterocycles. The molecule has 1 aromatic rings. The topological polar surface area (TPSA) is 43.7 Å². The van der Waals surface area contributed by atoms with E-state index in [2.05, 4.69) is 4.90 Å². The van der Waals surface area contributed by atoms with Crippen LogP contribution >= 0.6 is 0 Å². The molecule has 3 nitrogen and oxygen atoms in total. The summed E-state index contributed by atoms with van der Waals surface area (Å²) >= 11 is 0. The summed E-state index contributed by atoms with van der Waals surface area (Å²) in [7, 11) is 0. The van der Waals surface area contributed by atoms with Gasteiger partial charge in [0.1, 0.15) is 5.75 Å². The van der Waals surface area contributed by atoms with Crippen LogP contribution < -0.4 is 4.90 Å². The molecule has 3 heteroatoms. The molecule has 1 aliphatic heterocycles. The summed E-state index contributed by atoms with van der Waals surface area (Å²) in [5.41, 5.74) is 1.18. The van der Waals surface area contributed by atoms with Gasteiger partial charge in [0.2, 0.25) is 0 Å². The van der Waals surface area contributed by atoms with Crippen molar-refractivity contribution in [3.8, 4) is 5.75 Å². The van der Waals surface area contributed by atoms with Crippen LogP contribution in [0, 0.1) is 17.8 Å². The van der Waals surface area contributed by atoms with Gasteiger partial charge < -0.3 is 15.1 Å². The van der Waals surface area contributed by atoms with Gasteiger partial charge >= 0.3 is 0 Å². The Hall–Kier alpha value is -1.22. The van der Waals surface area contributed by atoms with E-state index in [-0.39, 0.29) is 0 Å². The summed E-state index contributed by atoms with van der Waals surface area (Å²) in [5.74, 6) is 2.27. The minimum Gasteiger partial charge on any atom is -0.508 e. The van der Waals surface area contributed by atoms with Crippen LogP contribution in [-0.4, -0.2) is 29.9 Å². The highest BCUT2D eigenvalue weighted by molar-refractivity contribution is 5.51. The molecule has 0 bridgehead atoms. The average Bonchev–Trinajstić information content (AvgIpc) is 2.72. The summed E-state index contributed by atoms with van der Waals surface area (Å²) < 4.78 is 0. The van der Waals surface area contributed by atoms with Crippen LogP contribution in [0.5, 0.6) is 5.75 Å². The predicted octanol–water partition coefficient (Wildman–Crippen LogP) is 1.07. The van der Waals surface area contributed by atoms with Gasteiger partial charge in [0.05, 0.1) is 0 Å². The van der Waals surface area contributed by atoms with Crippen molar-refractivity contribution < 1.29 is 10.2 Å². The molecule has 1 saturated heterocycles. The first-order valence-electron chi connectivity index (χ1n) is 5.44. The first-order chi connectivity index (χ1) is 7.29. The number of fused-ring (bicyclic) bond motifs is 1. The van der Waals surface area contributed by atoms with Crippen LogP contribution in [0.4, 0.5) is 5.69 Å². The van der Waals surface area contributed by atoms with E-state index >= 15 is 0 Å². The number of aliphatic hydroxyl groups excluding tert-OH is 1. The smallest absolute Gasteiger partial charge is 0.115 e. The monoisotopic (exact) mass is 205 g/mol. The van der Waals surface area contributed by atoms with Crippen molar-refractivity contribution in [3.05, 3.63) is 24.3 Å². The zero-order valence-corrected chi connectivity index (χ0v) is 8.50. The van der Waals surface area contributed by atoms with Crippen molar-refractivity contribution in [2.75, 3.05) is 24.6 Å². The fraction of sp³-hybridized carbons (Fsp3) is 0.500. The Kier molecular flexibility index (Phi) is 1.89. The van der Waals surface area contributed by atoms with Crippen molar-refractivity contribution in [1.82, 2.24) is 0 Å². The number of hydrogen-bond donors (Lipinski definition) is 2. The van der Waals surface area contributed by atoms with Gasteiger partial charge in [-0.3, -0.25) is 0 Å². The molecule has 1 heterocycles. The molecule has 2 aliphatic rings. The number of phenolic OH excluding ortho intramolecular Hbond substituents is 1. The van der Waals surface area contributed by atoms with E-state index in [4.69, 9.17) is 5.11 Å². The number of hydrogen-bond acceptors (Lipinski definition) is 3. The summed E-state index contributed by atoms with van der Waals surface area (Å²) in [6.45, 7) is 2.46. The Bertz CT molecular complexity index is 350. The lowest BCUT2D eigenvalue weighted by Gasteiger charge is -2.21. The molecule has 0 amide bonds. The van der Waals surface area contributed by atoms with Gasteiger partial charge in [0.15, 0.2) is 0 Å². The number of piperidine rings is 1. The van der Waals surface area contributed by atoms with E-state index in [1.807, 2.05) is 12.1 Å². The highest BCUT2D eigenvalue weighted by Gasteiger charge is 2.55. The molecular formula is C12H15NO2. The molecule has 15 heavy (non-hydrogen) atoms. The fourth-order valence-corrected chi connectivity index (χ4v) is 2.79. The quantitative estimate of drug-likeness (QED) is 0.759. The number of aromatic hydroxyl groups is 1. The van der Waals surface area contributed by atoms with Crippen LogP contribution in [0.2, 0.25) is 0 Å². The van der Waals surface area contributed by atoms with Crippen LogP contribution in [0.25, 0.3) is 0 Å². The lowest BCUT2D eigenvalue weighted by Crippen LogP contribution is -2.24. The third kappa shape index (κ3) is 1.38. The van der Waals surface area contributed by atoms with E-state index in [1.165, 1.54) is 5.69 Å². The molecule has 2 atom stereocenters. The van der Waals surface area contributed by atoms with Crippen molar-refractivity contribution in [3.63, 3.8) is 0 Å². The van der Waals surface area contributed by atoms with Gasteiger partial charge in [0, 0.05) is 25.4 Å². The number of rotatable bonds is 2. The van der Waals surface area contributed by atoms with E-state index in [0.29, 0.717) is 30.1 Å². The maximum atomic E-state index is 9.19.